The predicted octanol–water partition coefficient (Wildman–Crippen LogP) is 0.660. The van der Waals surface area contributed by atoms with Gasteiger partial charge in [-0.05, 0) is 12.1 Å². The molecule has 1 rings (SSSR count). The van der Waals surface area contributed by atoms with Gasteiger partial charge in [-0.2, -0.15) is 0 Å². The zero-order valence-electron chi connectivity index (χ0n) is 5.70. The molecule has 1 aromatic rings. The number of rotatable bonds is 0. The molecule has 0 unspecified atom stereocenters. The Morgan fingerprint density at radius 1 is 1.30 bits per heavy atom. The topological polar surface area (TPSA) is 38.9 Å². The van der Waals surface area contributed by atoms with Crippen LogP contribution in [0.1, 0.15) is 0 Å². The van der Waals surface area contributed by atoms with E-state index in [0.717, 1.165) is 0 Å². The zero-order chi connectivity index (χ0) is 7.66. The summed E-state index contributed by atoms with van der Waals surface area (Å²) < 4.78 is 0. The molecule has 0 aromatic carbocycles. The van der Waals surface area contributed by atoms with E-state index in [0.29, 0.717) is 6.54 Å². The summed E-state index contributed by atoms with van der Waals surface area (Å²) in [5.74, 6) is 2.21. The number of pyridine rings is 1. The molecule has 10 heavy (non-hydrogen) atoms. The van der Waals surface area contributed by atoms with Gasteiger partial charge >= 0.3 is 0 Å². The lowest BCUT2D eigenvalue weighted by Crippen LogP contribution is -1.91. The predicted molar refractivity (Wildman–Crippen MR) is 42.1 cm³/mol. The smallest absolute Gasteiger partial charge is 0.0548 e. The molecule has 1 heterocycles. The molecule has 0 atom stereocenters. The highest BCUT2D eigenvalue weighted by Crippen LogP contribution is 1.73. The van der Waals surface area contributed by atoms with Gasteiger partial charge in [0.15, 0.2) is 0 Å². The van der Waals surface area contributed by atoms with Crippen molar-refractivity contribution in [3.63, 3.8) is 0 Å². The Bertz CT molecular complexity index is 149. The first-order chi connectivity index (χ1) is 4.91. The van der Waals surface area contributed by atoms with Crippen LogP contribution in [0.2, 0.25) is 0 Å². The molecule has 0 bridgehead atoms. The first-order valence-corrected chi connectivity index (χ1v) is 2.90. The average Bonchev–Trinajstić information content (AvgIpc) is 2.08. The summed E-state index contributed by atoms with van der Waals surface area (Å²) in [5, 5.41) is 0. The second-order valence-electron chi connectivity index (χ2n) is 1.43. The molecular weight excluding hydrogens is 124 g/mol. The molecule has 2 nitrogen and oxygen atoms in total. The Morgan fingerprint density at radius 3 is 1.90 bits per heavy atom. The summed E-state index contributed by atoms with van der Waals surface area (Å²) in [6.45, 7) is 0.347. The number of hydrogen-bond acceptors (Lipinski definition) is 2. The first-order valence-electron chi connectivity index (χ1n) is 2.90. The minimum Gasteiger partial charge on any atom is -0.320 e. The van der Waals surface area contributed by atoms with Gasteiger partial charge in [-0.25, -0.2) is 0 Å². The SMILES string of the molecule is C#CCN.c1ccncc1. The van der Waals surface area contributed by atoms with E-state index in [9.17, 15) is 0 Å². The fraction of sp³-hybridized carbons (Fsp3) is 0.125. The molecule has 0 amide bonds. The molecule has 0 aliphatic rings. The third kappa shape index (κ3) is 6.67. The van der Waals surface area contributed by atoms with Crippen molar-refractivity contribution in [2.24, 2.45) is 5.73 Å². The molecule has 2 N–H and O–H groups in total. The van der Waals surface area contributed by atoms with Crippen molar-refractivity contribution in [2.45, 2.75) is 0 Å². The Morgan fingerprint density at radius 2 is 1.80 bits per heavy atom. The quantitative estimate of drug-likeness (QED) is 0.529. The Balaban J connectivity index is 0.000000180. The lowest BCUT2D eigenvalue weighted by molar-refractivity contribution is 1.30. The van der Waals surface area contributed by atoms with E-state index in [1.54, 1.807) is 12.4 Å². The monoisotopic (exact) mass is 134 g/mol. The van der Waals surface area contributed by atoms with Crippen LogP contribution in [0.5, 0.6) is 0 Å². The maximum absolute atomic E-state index is 4.79. The van der Waals surface area contributed by atoms with Crippen LogP contribution in [0.4, 0.5) is 0 Å². The lowest BCUT2D eigenvalue weighted by atomic mass is 10.5. The van der Waals surface area contributed by atoms with Crippen LogP contribution in [-0.4, -0.2) is 11.5 Å². The highest BCUT2D eigenvalue weighted by molar-refractivity contribution is 4.88. The molecule has 0 aliphatic carbocycles. The number of terminal acetylenes is 1. The van der Waals surface area contributed by atoms with Crippen molar-refractivity contribution in [1.82, 2.24) is 4.98 Å². The maximum atomic E-state index is 4.79. The molecule has 2 heteroatoms. The molecule has 0 fully saturated rings. The summed E-state index contributed by atoms with van der Waals surface area (Å²) in [5.41, 5.74) is 4.79. The van der Waals surface area contributed by atoms with Gasteiger partial charge in [0.2, 0.25) is 0 Å². The van der Waals surface area contributed by atoms with Gasteiger partial charge in [0.05, 0.1) is 6.54 Å². The maximum Gasteiger partial charge on any atom is 0.0548 e. The van der Waals surface area contributed by atoms with Crippen LogP contribution in [0, 0.1) is 12.3 Å². The van der Waals surface area contributed by atoms with Gasteiger partial charge in [0.1, 0.15) is 0 Å². The van der Waals surface area contributed by atoms with Gasteiger partial charge in [-0.3, -0.25) is 4.98 Å². The summed E-state index contributed by atoms with van der Waals surface area (Å²) in [6, 6.07) is 5.72. The number of nitrogens with two attached hydrogens (primary N) is 1. The fourth-order valence-electron chi connectivity index (χ4n) is 0.313. The molecule has 0 saturated carbocycles. The highest BCUT2D eigenvalue weighted by atomic mass is 14.6. The summed E-state index contributed by atoms with van der Waals surface area (Å²) >= 11 is 0. The van der Waals surface area contributed by atoms with Crippen LogP contribution in [0.25, 0.3) is 0 Å². The number of nitrogens with zero attached hydrogens (tertiary/aromatic N) is 1. The van der Waals surface area contributed by atoms with E-state index in [2.05, 4.69) is 17.3 Å². The van der Waals surface area contributed by atoms with E-state index in [4.69, 9.17) is 5.73 Å². The molecule has 1 aromatic heterocycles. The molecular formula is C8H10N2. The van der Waals surface area contributed by atoms with Crippen LogP contribution in [-0.2, 0) is 0 Å². The van der Waals surface area contributed by atoms with Crippen LogP contribution >= 0.6 is 0 Å². The number of aromatic nitrogens is 1. The Labute approximate surface area is 61.1 Å². The molecule has 52 valence electrons. The largest absolute Gasteiger partial charge is 0.320 e. The van der Waals surface area contributed by atoms with E-state index < -0.39 is 0 Å². The summed E-state index contributed by atoms with van der Waals surface area (Å²) in [6.07, 6.45) is 8.15. The van der Waals surface area contributed by atoms with Crippen molar-refractivity contribution >= 4 is 0 Å². The summed E-state index contributed by atoms with van der Waals surface area (Å²) in [4.78, 5) is 3.78. The van der Waals surface area contributed by atoms with Crippen molar-refractivity contribution in [1.29, 1.82) is 0 Å². The minimum atomic E-state index is 0.347. The third-order valence-electron chi connectivity index (χ3n) is 0.684. The van der Waals surface area contributed by atoms with E-state index in [-0.39, 0.29) is 0 Å². The second kappa shape index (κ2) is 7.67. The van der Waals surface area contributed by atoms with Crippen molar-refractivity contribution in [3.05, 3.63) is 30.6 Å². The van der Waals surface area contributed by atoms with E-state index in [1.807, 2.05) is 18.2 Å². The minimum absolute atomic E-state index is 0.347. The van der Waals surface area contributed by atoms with Gasteiger partial charge in [0.25, 0.3) is 0 Å². The highest BCUT2D eigenvalue weighted by Gasteiger charge is 1.58. The summed E-state index contributed by atoms with van der Waals surface area (Å²) in [7, 11) is 0. The zero-order valence-corrected chi connectivity index (χ0v) is 5.70. The first kappa shape index (κ1) is 8.67. The van der Waals surface area contributed by atoms with Gasteiger partial charge in [-0.15, -0.1) is 6.42 Å². The molecule has 0 radical (unpaired) electrons. The molecule has 0 spiro atoms. The molecule has 0 saturated heterocycles. The van der Waals surface area contributed by atoms with Crippen molar-refractivity contribution in [2.75, 3.05) is 6.54 Å². The van der Waals surface area contributed by atoms with Crippen LogP contribution in [0.3, 0.4) is 0 Å². The second-order valence-corrected chi connectivity index (χ2v) is 1.43. The fourth-order valence-corrected chi connectivity index (χ4v) is 0.313. The lowest BCUT2D eigenvalue weighted by Gasteiger charge is -1.70. The Hall–Kier alpha value is -1.33. The Kier molecular flexibility index (Phi) is 6.65. The van der Waals surface area contributed by atoms with E-state index in [1.165, 1.54) is 0 Å². The van der Waals surface area contributed by atoms with Crippen LogP contribution < -0.4 is 5.73 Å². The average molecular weight is 134 g/mol. The van der Waals surface area contributed by atoms with E-state index >= 15 is 0 Å². The van der Waals surface area contributed by atoms with Crippen LogP contribution in [0.15, 0.2) is 30.6 Å². The van der Waals surface area contributed by atoms with Crippen molar-refractivity contribution < 1.29 is 0 Å². The van der Waals surface area contributed by atoms with Gasteiger partial charge in [0, 0.05) is 12.4 Å². The normalized spacial score (nSPS) is 6.80. The van der Waals surface area contributed by atoms with Gasteiger partial charge in [-0.1, -0.05) is 12.0 Å². The standard InChI is InChI=1S/C5H5N.C3H5N/c1-2-4-6-5-3-1;1-2-3-4/h1-5H;1H,3-4H2. The van der Waals surface area contributed by atoms with Crippen molar-refractivity contribution in [3.8, 4) is 12.3 Å². The number of hydrogen-bond donors (Lipinski definition) is 1. The third-order valence-corrected chi connectivity index (χ3v) is 0.684. The van der Waals surface area contributed by atoms with Gasteiger partial charge < -0.3 is 5.73 Å². The molecule has 0 aliphatic heterocycles.